The Hall–Kier alpha value is -3.06. The van der Waals surface area contributed by atoms with Crippen LogP contribution in [-0.4, -0.2) is 31.4 Å². The summed E-state index contributed by atoms with van der Waals surface area (Å²) in [6.07, 6.45) is 1.30. The maximum absolute atomic E-state index is 12.1. The summed E-state index contributed by atoms with van der Waals surface area (Å²) < 4.78 is 5.34. The molecule has 1 fully saturated rings. The lowest BCUT2D eigenvalue weighted by Crippen LogP contribution is -2.29. The van der Waals surface area contributed by atoms with E-state index in [1.165, 1.54) is 7.11 Å². The van der Waals surface area contributed by atoms with Gasteiger partial charge in [-0.2, -0.15) is 0 Å². The molecule has 1 aliphatic heterocycles. The van der Waals surface area contributed by atoms with Gasteiger partial charge in [-0.05, 0) is 30.7 Å². The van der Waals surface area contributed by atoms with Crippen molar-refractivity contribution in [1.29, 1.82) is 0 Å². The Morgan fingerprint density at radius 2 is 1.85 bits per heavy atom. The molecule has 0 spiro atoms. The lowest BCUT2D eigenvalue weighted by Gasteiger charge is -2.19. The molecule has 8 heteroatoms. The maximum Gasteiger partial charge on any atom is 0.314 e. The number of nitrogens with zero attached hydrogens (tertiary/aromatic N) is 1. The van der Waals surface area contributed by atoms with Crippen molar-refractivity contribution in [2.45, 2.75) is 12.8 Å². The highest BCUT2D eigenvalue weighted by Gasteiger charge is 2.25. The Morgan fingerprint density at radius 3 is 2.52 bits per heavy atom. The molecule has 140 valence electrons. The van der Waals surface area contributed by atoms with Gasteiger partial charge in [0.25, 0.3) is 0 Å². The van der Waals surface area contributed by atoms with Crippen molar-refractivity contribution >= 4 is 46.4 Å². The summed E-state index contributed by atoms with van der Waals surface area (Å²) in [7, 11) is 1.48. The molecule has 7 nitrogen and oxygen atoms in total. The largest absolute Gasteiger partial charge is 0.494 e. The molecule has 2 N–H and O–H groups in total. The number of hydrogen-bond acceptors (Lipinski definition) is 4. The second kappa shape index (κ2) is 8.09. The molecular formula is C19H18ClN3O4. The maximum atomic E-state index is 12.1. The molecule has 1 heterocycles. The van der Waals surface area contributed by atoms with Crippen LogP contribution in [0.4, 0.5) is 17.1 Å². The fourth-order valence-corrected chi connectivity index (χ4v) is 2.99. The first kappa shape index (κ1) is 18.7. The number of ether oxygens (including phenoxy) is 1. The lowest BCUT2D eigenvalue weighted by molar-refractivity contribution is -0.132. The van der Waals surface area contributed by atoms with Gasteiger partial charge in [0.1, 0.15) is 5.75 Å². The summed E-state index contributed by atoms with van der Waals surface area (Å²) >= 11 is 5.97. The summed E-state index contributed by atoms with van der Waals surface area (Å²) in [5.74, 6) is -1.22. The number of hydrogen-bond donors (Lipinski definition) is 2. The predicted molar refractivity (Wildman–Crippen MR) is 103 cm³/mol. The van der Waals surface area contributed by atoms with Gasteiger partial charge in [-0.15, -0.1) is 0 Å². The molecule has 27 heavy (non-hydrogen) atoms. The topological polar surface area (TPSA) is 87.7 Å². The number of rotatable bonds is 4. The number of anilines is 3. The van der Waals surface area contributed by atoms with Crippen LogP contribution in [0, 0.1) is 0 Å². The quantitative estimate of drug-likeness (QED) is 0.789. The van der Waals surface area contributed by atoms with E-state index in [0.29, 0.717) is 40.8 Å². The number of benzene rings is 2. The van der Waals surface area contributed by atoms with Crippen molar-refractivity contribution in [2.24, 2.45) is 0 Å². The average Bonchev–Trinajstić information content (AvgIpc) is 3.09. The molecule has 1 aliphatic rings. The van der Waals surface area contributed by atoms with E-state index in [1.54, 1.807) is 47.4 Å². The number of carbonyl (C=O) groups is 3. The number of methoxy groups -OCH3 is 1. The molecule has 2 aromatic rings. The average molecular weight is 388 g/mol. The molecule has 0 bridgehead atoms. The van der Waals surface area contributed by atoms with Crippen molar-refractivity contribution in [2.75, 3.05) is 29.2 Å². The molecule has 3 amide bonds. The van der Waals surface area contributed by atoms with Crippen molar-refractivity contribution in [3.05, 3.63) is 47.5 Å². The van der Waals surface area contributed by atoms with Crippen molar-refractivity contribution in [3.8, 4) is 5.75 Å². The Kier molecular flexibility index (Phi) is 5.61. The van der Waals surface area contributed by atoms with Crippen LogP contribution in [-0.2, 0) is 14.4 Å². The van der Waals surface area contributed by atoms with Crippen LogP contribution in [0.5, 0.6) is 5.75 Å². The second-order valence-electron chi connectivity index (χ2n) is 5.92. The number of halogens is 1. The Bertz CT molecular complexity index is 900. The third-order valence-corrected chi connectivity index (χ3v) is 4.46. The van der Waals surface area contributed by atoms with Crippen LogP contribution < -0.4 is 20.3 Å². The Morgan fingerprint density at radius 1 is 1.11 bits per heavy atom. The molecule has 2 aromatic carbocycles. The predicted octanol–water partition coefficient (Wildman–Crippen LogP) is 3.05. The van der Waals surface area contributed by atoms with Gasteiger partial charge in [0.2, 0.25) is 5.91 Å². The van der Waals surface area contributed by atoms with Gasteiger partial charge in [0, 0.05) is 24.7 Å². The number of carbonyl (C=O) groups excluding carboxylic acids is 3. The molecule has 3 rings (SSSR count). The van der Waals surface area contributed by atoms with Gasteiger partial charge in [-0.1, -0.05) is 23.7 Å². The van der Waals surface area contributed by atoms with E-state index in [2.05, 4.69) is 10.6 Å². The first-order chi connectivity index (χ1) is 13.0. The highest BCUT2D eigenvalue weighted by Crippen LogP contribution is 2.33. The fourth-order valence-electron chi connectivity index (χ4n) is 2.81. The number of para-hydroxylation sites is 1. The fraction of sp³-hybridized carbons (Fsp3) is 0.211. The molecule has 1 saturated heterocycles. The van der Waals surface area contributed by atoms with Crippen LogP contribution in [0.1, 0.15) is 12.8 Å². The monoisotopic (exact) mass is 387 g/mol. The minimum Gasteiger partial charge on any atom is -0.494 e. The van der Waals surface area contributed by atoms with Crippen molar-refractivity contribution in [3.63, 3.8) is 0 Å². The summed E-state index contributed by atoms with van der Waals surface area (Å²) in [6, 6.07) is 11.5. The van der Waals surface area contributed by atoms with E-state index in [0.717, 1.165) is 6.42 Å². The van der Waals surface area contributed by atoms with E-state index in [4.69, 9.17) is 16.3 Å². The van der Waals surface area contributed by atoms with Crippen LogP contribution in [0.25, 0.3) is 0 Å². The summed E-state index contributed by atoms with van der Waals surface area (Å²) in [6.45, 7) is 0.626. The van der Waals surface area contributed by atoms with Gasteiger partial charge in [-0.3, -0.25) is 14.4 Å². The van der Waals surface area contributed by atoms with E-state index in [1.807, 2.05) is 0 Å². The summed E-state index contributed by atoms with van der Waals surface area (Å²) in [4.78, 5) is 37.8. The molecular weight excluding hydrogens is 370 g/mol. The van der Waals surface area contributed by atoms with E-state index in [9.17, 15) is 14.4 Å². The van der Waals surface area contributed by atoms with Gasteiger partial charge in [0.15, 0.2) is 0 Å². The highest BCUT2D eigenvalue weighted by atomic mass is 35.5. The summed E-state index contributed by atoms with van der Waals surface area (Å²) in [5.41, 5.74) is 1.36. The second-order valence-corrected chi connectivity index (χ2v) is 6.33. The first-order valence-corrected chi connectivity index (χ1v) is 8.72. The summed E-state index contributed by atoms with van der Waals surface area (Å²) in [5, 5.41) is 5.29. The molecule has 0 atom stereocenters. The zero-order chi connectivity index (χ0) is 19.4. The van der Waals surface area contributed by atoms with Gasteiger partial charge in [0.05, 0.1) is 23.5 Å². The molecule has 0 saturated carbocycles. The SMILES string of the molecule is COc1cc(NC(=O)C(=O)Nc2ccccc2Cl)ccc1N1CCCC1=O. The van der Waals surface area contributed by atoms with Crippen LogP contribution in [0.15, 0.2) is 42.5 Å². The van der Waals surface area contributed by atoms with Gasteiger partial charge in [-0.25, -0.2) is 0 Å². The standard InChI is InChI=1S/C19H18ClN3O4/c1-27-16-11-12(8-9-15(16)23-10-4-7-17(23)24)21-18(25)19(26)22-14-6-3-2-5-13(14)20/h2-3,5-6,8-9,11H,4,7,10H2,1H3,(H,21,25)(H,22,26). The van der Waals surface area contributed by atoms with Crippen LogP contribution >= 0.6 is 11.6 Å². The third kappa shape index (κ3) is 4.20. The van der Waals surface area contributed by atoms with E-state index in [-0.39, 0.29) is 5.91 Å². The molecule has 0 aromatic heterocycles. The normalized spacial score (nSPS) is 13.4. The lowest BCUT2D eigenvalue weighted by atomic mass is 10.2. The number of amides is 3. The molecule has 0 aliphatic carbocycles. The van der Waals surface area contributed by atoms with Gasteiger partial charge >= 0.3 is 11.8 Å². The Balaban J connectivity index is 1.71. The zero-order valence-electron chi connectivity index (χ0n) is 14.6. The van der Waals surface area contributed by atoms with Crippen molar-refractivity contribution in [1.82, 2.24) is 0 Å². The smallest absolute Gasteiger partial charge is 0.314 e. The minimum atomic E-state index is -0.846. The van der Waals surface area contributed by atoms with Crippen LogP contribution in [0.3, 0.4) is 0 Å². The zero-order valence-corrected chi connectivity index (χ0v) is 15.4. The third-order valence-electron chi connectivity index (χ3n) is 4.13. The number of nitrogens with one attached hydrogen (secondary N) is 2. The van der Waals surface area contributed by atoms with Gasteiger partial charge < -0.3 is 20.3 Å². The molecule has 0 radical (unpaired) electrons. The Labute approximate surface area is 161 Å². The highest BCUT2D eigenvalue weighted by molar-refractivity contribution is 6.44. The molecule has 0 unspecified atom stereocenters. The van der Waals surface area contributed by atoms with E-state index < -0.39 is 11.8 Å². The van der Waals surface area contributed by atoms with Crippen LogP contribution in [0.2, 0.25) is 5.02 Å². The minimum absolute atomic E-state index is 0.0317. The first-order valence-electron chi connectivity index (χ1n) is 8.35. The van der Waals surface area contributed by atoms with E-state index >= 15 is 0 Å². The van der Waals surface area contributed by atoms with Crippen molar-refractivity contribution < 1.29 is 19.1 Å².